The average molecular weight is 292 g/mol. The van der Waals surface area contributed by atoms with Gasteiger partial charge in [0.05, 0.1) is 10.7 Å². The van der Waals surface area contributed by atoms with Crippen molar-refractivity contribution in [2.75, 3.05) is 18.5 Å². The van der Waals surface area contributed by atoms with E-state index in [0.717, 1.165) is 17.0 Å². The average Bonchev–Trinajstić information content (AvgIpc) is 2.47. The van der Waals surface area contributed by atoms with E-state index in [-0.39, 0.29) is 6.61 Å². The minimum absolute atomic E-state index is 0.237. The van der Waals surface area contributed by atoms with Crippen LogP contribution in [0.5, 0.6) is 5.75 Å². The Hall–Kier alpha value is -1.71. The molecule has 0 aliphatic heterocycles. The predicted molar refractivity (Wildman–Crippen MR) is 82.6 cm³/mol. The molecule has 0 fully saturated rings. The lowest BCUT2D eigenvalue weighted by molar-refractivity contribution is 0.117. The van der Waals surface area contributed by atoms with Crippen molar-refractivity contribution in [2.24, 2.45) is 0 Å². The lowest BCUT2D eigenvalue weighted by Crippen LogP contribution is -2.26. The summed E-state index contributed by atoms with van der Waals surface area (Å²) in [5.74, 6) is 0.750. The van der Waals surface area contributed by atoms with Gasteiger partial charge >= 0.3 is 0 Å². The molecule has 1 unspecified atom stereocenters. The summed E-state index contributed by atoms with van der Waals surface area (Å²) in [6.07, 6.45) is -0.605. The summed E-state index contributed by atoms with van der Waals surface area (Å²) < 4.78 is 5.49. The Morgan fingerprint density at radius 2 is 1.95 bits per heavy atom. The number of nitrogens with one attached hydrogen (secondary N) is 1. The summed E-state index contributed by atoms with van der Waals surface area (Å²) in [7, 11) is 0. The lowest BCUT2D eigenvalue weighted by Gasteiger charge is -2.15. The van der Waals surface area contributed by atoms with Crippen LogP contribution < -0.4 is 10.1 Å². The number of halogens is 1. The van der Waals surface area contributed by atoms with Gasteiger partial charge in [-0.1, -0.05) is 35.9 Å². The molecule has 0 saturated carbocycles. The molecule has 0 saturated heterocycles. The van der Waals surface area contributed by atoms with Crippen LogP contribution in [-0.4, -0.2) is 24.4 Å². The monoisotopic (exact) mass is 291 g/mol. The fourth-order valence-corrected chi connectivity index (χ4v) is 1.95. The molecule has 106 valence electrons. The van der Waals surface area contributed by atoms with Gasteiger partial charge < -0.3 is 15.2 Å². The summed E-state index contributed by atoms with van der Waals surface area (Å²) in [5, 5.41) is 13.7. The Balaban J connectivity index is 1.80. The second kappa shape index (κ2) is 7.17. The number of para-hydroxylation sites is 1. The van der Waals surface area contributed by atoms with Gasteiger partial charge in [0.2, 0.25) is 0 Å². The minimum Gasteiger partial charge on any atom is -0.491 e. The van der Waals surface area contributed by atoms with Crippen molar-refractivity contribution in [2.45, 2.75) is 13.0 Å². The number of ether oxygens (including phenoxy) is 1. The third-order valence-electron chi connectivity index (χ3n) is 2.84. The number of aliphatic hydroxyl groups excluding tert-OH is 1. The highest BCUT2D eigenvalue weighted by molar-refractivity contribution is 6.33. The number of hydrogen-bond donors (Lipinski definition) is 2. The van der Waals surface area contributed by atoms with Crippen LogP contribution in [0.4, 0.5) is 5.69 Å². The van der Waals surface area contributed by atoms with E-state index in [1.54, 1.807) is 0 Å². The predicted octanol–water partition coefficient (Wildman–Crippen LogP) is 3.50. The maximum atomic E-state index is 9.90. The number of rotatable bonds is 6. The first-order valence-electron chi connectivity index (χ1n) is 6.51. The number of hydrogen-bond acceptors (Lipinski definition) is 3. The number of aliphatic hydroxyl groups is 1. The molecule has 0 radical (unpaired) electrons. The van der Waals surface area contributed by atoms with Crippen LogP contribution in [0.1, 0.15) is 5.56 Å². The molecule has 1 atom stereocenters. The normalized spacial score (nSPS) is 11.9. The van der Waals surface area contributed by atoms with Crippen molar-refractivity contribution in [3.05, 3.63) is 59.1 Å². The molecule has 0 aliphatic carbocycles. The molecule has 0 spiro atoms. The van der Waals surface area contributed by atoms with Gasteiger partial charge in [-0.2, -0.15) is 0 Å². The third-order valence-corrected chi connectivity index (χ3v) is 3.17. The van der Waals surface area contributed by atoms with Gasteiger partial charge in [0.15, 0.2) is 0 Å². The number of anilines is 1. The molecule has 0 heterocycles. The Bertz CT molecular complexity index is 545. The molecular weight excluding hydrogens is 274 g/mol. The van der Waals surface area contributed by atoms with Crippen LogP contribution in [0.3, 0.4) is 0 Å². The standard InChI is InChI=1S/C16H18ClNO2/c1-12-7-8-15(17)16(9-12)18-10-13(19)11-20-14-5-3-2-4-6-14/h2-9,13,18-19H,10-11H2,1H3. The van der Waals surface area contributed by atoms with Crippen molar-refractivity contribution in [1.82, 2.24) is 0 Å². The van der Waals surface area contributed by atoms with Gasteiger partial charge in [-0.25, -0.2) is 0 Å². The zero-order valence-electron chi connectivity index (χ0n) is 11.3. The van der Waals surface area contributed by atoms with Gasteiger partial charge in [-0.15, -0.1) is 0 Å². The summed E-state index contributed by atoms with van der Waals surface area (Å²) in [6, 6.07) is 15.2. The first kappa shape index (κ1) is 14.7. The van der Waals surface area contributed by atoms with E-state index in [1.165, 1.54) is 0 Å². The van der Waals surface area contributed by atoms with Gasteiger partial charge in [-0.3, -0.25) is 0 Å². The van der Waals surface area contributed by atoms with E-state index in [0.29, 0.717) is 11.6 Å². The molecule has 20 heavy (non-hydrogen) atoms. The van der Waals surface area contributed by atoms with E-state index < -0.39 is 6.10 Å². The second-order valence-electron chi connectivity index (χ2n) is 4.64. The van der Waals surface area contributed by atoms with Crippen LogP contribution in [-0.2, 0) is 0 Å². The van der Waals surface area contributed by atoms with Crippen molar-refractivity contribution in [3.8, 4) is 5.75 Å². The van der Waals surface area contributed by atoms with Crippen LogP contribution in [0.15, 0.2) is 48.5 Å². The molecule has 4 heteroatoms. The summed E-state index contributed by atoms with van der Waals surface area (Å²) in [5.41, 5.74) is 1.94. The highest BCUT2D eigenvalue weighted by Crippen LogP contribution is 2.22. The van der Waals surface area contributed by atoms with Crippen LogP contribution in [0, 0.1) is 6.92 Å². The van der Waals surface area contributed by atoms with Gasteiger partial charge in [0.1, 0.15) is 18.5 Å². The Morgan fingerprint density at radius 1 is 1.20 bits per heavy atom. The zero-order valence-corrected chi connectivity index (χ0v) is 12.1. The molecule has 2 aromatic rings. The van der Waals surface area contributed by atoms with Crippen molar-refractivity contribution >= 4 is 17.3 Å². The first-order valence-corrected chi connectivity index (χ1v) is 6.89. The Labute approximate surface area is 124 Å². The molecule has 0 aromatic heterocycles. The maximum absolute atomic E-state index is 9.90. The Kier molecular flexibility index (Phi) is 5.27. The molecule has 0 aliphatic rings. The SMILES string of the molecule is Cc1ccc(Cl)c(NCC(O)COc2ccccc2)c1. The van der Waals surface area contributed by atoms with Crippen molar-refractivity contribution < 1.29 is 9.84 Å². The molecule has 2 aromatic carbocycles. The highest BCUT2D eigenvalue weighted by Gasteiger charge is 2.07. The quantitative estimate of drug-likeness (QED) is 0.856. The van der Waals surface area contributed by atoms with E-state index in [2.05, 4.69) is 5.32 Å². The maximum Gasteiger partial charge on any atom is 0.119 e. The first-order chi connectivity index (χ1) is 9.65. The number of aryl methyl sites for hydroxylation is 1. The molecule has 2 rings (SSSR count). The molecule has 0 amide bonds. The fraction of sp³-hybridized carbons (Fsp3) is 0.250. The van der Waals surface area contributed by atoms with Gasteiger partial charge in [0.25, 0.3) is 0 Å². The van der Waals surface area contributed by atoms with Gasteiger partial charge in [0, 0.05) is 6.54 Å². The second-order valence-corrected chi connectivity index (χ2v) is 5.05. The topological polar surface area (TPSA) is 41.5 Å². The van der Waals surface area contributed by atoms with E-state index >= 15 is 0 Å². The smallest absolute Gasteiger partial charge is 0.119 e. The van der Waals surface area contributed by atoms with E-state index in [1.807, 2.05) is 55.5 Å². The molecule has 3 nitrogen and oxygen atoms in total. The molecular formula is C16H18ClNO2. The van der Waals surface area contributed by atoms with Crippen LogP contribution in [0.2, 0.25) is 5.02 Å². The summed E-state index contributed by atoms with van der Waals surface area (Å²) in [4.78, 5) is 0. The molecule has 2 N–H and O–H groups in total. The van der Waals surface area contributed by atoms with Crippen molar-refractivity contribution in [1.29, 1.82) is 0 Å². The summed E-state index contributed by atoms with van der Waals surface area (Å²) in [6.45, 7) is 2.62. The summed E-state index contributed by atoms with van der Waals surface area (Å²) >= 11 is 6.08. The van der Waals surface area contributed by atoms with Gasteiger partial charge in [-0.05, 0) is 36.8 Å². The highest BCUT2D eigenvalue weighted by atomic mass is 35.5. The lowest BCUT2D eigenvalue weighted by atomic mass is 10.2. The fourth-order valence-electron chi connectivity index (χ4n) is 1.77. The van der Waals surface area contributed by atoms with Crippen molar-refractivity contribution in [3.63, 3.8) is 0 Å². The minimum atomic E-state index is -0.605. The molecule has 0 bridgehead atoms. The van der Waals surface area contributed by atoms with Crippen LogP contribution >= 0.6 is 11.6 Å². The number of benzene rings is 2. The van der Waals surface area contributed by atoms with E-state index in [4.69, 9.17) is 16.3 Å². The zero-order chi connectivity index (χ0) is 14.4. The van der Waals surface area contributed by atoms with Crippen LogP contribution in [0.25, 0.3) is 0 Å². The Morgan fingerprint density at radius 3 is 2.70 bits per heavy atom. The van der Waals surface area contributed by atoms with E-state index in [9.17, 15) is 5.11 Å². The third kappa shape index (κ3) is 4.44. The largest absolute Gasteiger partial charge is 0.491 e.